The Kier molecular flexibility index (Phi) is 2.64. The number of carbonyl (C=O) groups is 1. The van der Waals surface area contributed by atoms with Crippen molar-refractivity contribution in [3.05, 3.63) is 23.8 Å². The highest BCUT2D eigenvalue weighted by molar-refractivity contribution is 5.76. The Balaban J connectivity index is 2.42. The topological polar surface area (TPSA) is 17.1 Å². The van der Waals surface area contributed by atoms with E-state index in [0.29, 0.717) is 12.3 Å². The van der Waals surface area contributed by atoms with Crippen molar-refractivity contribution in [3.63, 3.8) is 0 Å². The summed E-state index contributed by atoms with van der Waals surface area (Å²) in [7, 11) is 0. The highest BCUT2D eigenvalue weighted by atomic mass is 16.1. The zero-order valence-corrected chi connectivity index (χ0v) is 7.13. The molecule has 1 rings (SSSR count). The summed E-state index contributed by atoms with van der Waals surface area (Å²) in [6.07, 6.45) is 8.04. The molecule has 0 radical (unpaired) electrons. The highest BCUT2D eigenvalue weighted by Gasteiger charge is 2.10. The minimum absolute atomic E-state index is 0.283. The van der Waals surface area contributed by atoms with Crippen molar-refractivity contribution in [3.8, 4) is 0 Å². The van der Waals surface area contributed by atoms with Gasteiger partial charge in [-0.05, 0) is 19.3 Å². The van der Waals surface area contributed by atoms with Gasteiger partial charge in [-0.25, -0.2) is 0 Å². The summed E-state index contributed by atoms with van der Waals surface area (Å²) >= 11 is 0. The third kappa shape index (κ3) is 2.34. The molecule has 0 aromatic heterocycles. The molecule has 0 heterocycles. The zero-order valence-electron chi connectivity index (χ0n) is 7.13. The van der Waals surface area contributed by atoms with E-state index < -0.39 is 0 Å². The highest BCUT2D eigenvalue weighted by Crippen LogP contribution is 2.22. The molecule has 1 aliphatic rings. The Morgan fingerprint density at radius 1 is 1.73 bits per heavy atom. The Morgan fingerprint density at radius 2 is 2.45 bits per heavy atom. The summed E-state index contributed by atoms with van der Waals surface area (Å²) in [6, 6.07) is 0. The molecule has 1 aliphatic carbocycles. The van der Waals surface area contributed by atoms with Gasteiger partial charge in [-0.1, -0.05) is 30.7 Å². The van der Waals surface area contributed by atoms with Crippen LogP contribution in [0.25, 0.3) is 0 Å². The Morgan fingerprint density at radius 3 is 2.91 bits per heavy atom. The minimum Gasteiger partial charge on any atom is -0.300 e. The number of hydrogen-bond acceptors (Lipinski definition) is 1. The predicted octanol–water partition coefficient (Wildman–Crippen LogP) is 2.49. The average Bonchev–Trinajstić information content (AvgIpc) is 2.35. The monoisotopic (exact) mass is 150 g/mol. The van der Waals surface area contributed by atoms with Gasteiger partial charge in [0, 0.05) is 6.42 Å². The van der Waals surface area contributed by atoms with Crippen molar-refractivity contribution in [2.45, 2.75) is 26.7 Å². The normalized spacial score (nSPS) is 18.2. The van der Waals surface area contributed by atoms with E-state index >= 15 is 0 Å². The lowest BCUT2D eigenvalue weighted by molar-refractivity contribution is -0.117. The van der Waals surface area contributed by atoms with E-state index in [2.05, 4.69) is 25.2 Å². The van der Waals surface area contributed by atoms with Crippen molar-refractivity contribution in [2.75, 3.05) is 0 Å². The van der Waals surface area contributed by atoms with E-state index in [1.807, 2.05) is 0 Å². The summed E-state index contributed by atoms with van der Waals surface area (Å²) in [5, 5.41) is 0. The molecule has 11 heavy (non-hydrogen) atoms. The van der Waals surface area contributed by atoms with Crippen molar-refractivity contribution in [1.82, 2.24) is 0 Å². The van der Waals surface area contributed by atoms with Gasteiger partial charge in [-0.2, -0.15) is 0 Å². The second kappa shape index (κ2) is 3.51. The minimum atomic E-state index is 0.283. The van der Waals surface area contributed by atoms with Gasteiger partial charge in [0.2, 0.25) is 0 Å². The van der Waals surface area contributed by atoms with Crippen molar-refractivity contribution < 1.29 is 4.79 Å². The third-order valence-electron chi connectivity index (χ3n) is 2.03. The largest absolute Gasteiger partial charge is 0.300 e. The van der Waals surface area contributed by atoms with E-state index in [9.17, 15) is 4.79 Å². The third-order valence-corrected chi connectivity index (χ3v) is 2.03. The van der Waals surface area contributed by atoms with Crippen LogP contribution >= 0.6 is 0 Å². The van der Waals surface area contributed by atoms with Crippen LogP contribution in [0.1, 0.15) is 26.7 Å². The Labute approximate surface area is 67.8 Å². The second-order valence-corrected chi connectivity index (χ2v) is 3.18. The number of ketones is 1. The molecular weight excluding hydrogens is 136 g/mol. The molecule has 0 amide bonds. The maximum Gasteiger partial charge on any atom is 0.130 e. The zero-order chi connectivity index (χ0) is 8.27. The number of allylic oxidation sites excluding steroid dienone is 4. The predicted molar refractivity (Wildman–Crippen MR) is 46.3 cm³/mol. The summed E-state index contributed by atoms with van der Waals surface area (Å²) in [5.74, 6) is 0.716. The fourth-order valence-corrected chi connectivity index (χ4v) is 1.39. The first-order valence-electron chi connectivity index (χ1n) is 4.05. The maximum absolute atomic E-state index is 10.8. The smallest absolute Gasteiger partial charge is 0.130 e. The lowest BCUT2D eigenvalue weighted by Crippen LogP contribution is -2.03. The molecule has 0 spiro atoms. The van der Waals surface area contributed by atoms with Crippen LogP contribution < -0.4 is 0 Å². The molecule has 0 fully saturated rings. The summed E-state index contributed by atoms with van der Waals surface area (Å²) in [5.41, 5.74) is 1.39. The lowest BCUT2D eigenvalue weighted by Gasteiger charge is -2.09. The molecule has 60 valence electrons. The standard InChI is InChI=1S/C10H14O/c1-8(7-9(2)11)10-5-3-4-6-10/h3-5,8H,6-7H2,1-2H3. The number of carbonyl (C=O) groups excluding carboxylic acids is 1. The van der Waals surface area contributed by atoms with Crippen molar-refractivity contribution in [2.24, 2.45) is 5.92 Å². The number of rotatable bonds is 3. The number of hydrogen-bond donors (Lipinski definition) is 0. The second-order valence-electron chi connectivity index (χ2n) is 3.18. The van der Waals surface area contributed by atoms with E-state index in [4.69, 9.17) is 0 Å². The van der Waals surface area contributed by atoms with Crippen molar-refractivity contribution in [1.29, 1.82) is 0 Å². The fourth-order valence-electron chi connectivity index (χ4n) is 1.39. The molecule has 0 aromatic rings. The molecule has 0 aliphatic heterocycles. The van der Waals surface area contributed by atoms with Crippen LogP contribution in [-0.4, -0.2) is 5.78 Å². The van der Waals surface area contributed by atoms with Gasteiger partial charge in [0.15, 0.2) is 0 Å². The maximum atomic E-state index is 10.8. The van der Waals surface area contributed by atoms with Crippen LogP contribution in [0.15, 0.2) is 23.8 Å². The quantitative estimate of drug-likeness (QED) is 0.604. The summed E-state index contributed by atoms with van der Waals surface area (Å²) in [4.78, 5) is 10.8. The van der Waals surface area contributed by atoms with Crippen LogP contribution in [0.3, 0.4) is 0 Å². The molecule has 0 saturated carbocycles. The van der Waals surface area contributed by atoms with E-state index in [1.165, 1.54) is 5.57 Å². The van der Waals surface area contributed by atoms with E-state index in [0.717, 1.165) is 6.42 Å². The fraction of sp³-hybridized carbons (Fsp3) is 0.500. The van der Waals surface area contributed by atoms with Crippen LogP contribution in [0.4, 0.5) is 0 Å². The van der Waals surface area contributed by atoms with Gasteiger partial charge in [-0.3, -0.25) is 0 Å². The molecule has 0 bridgehead atoms. The molecular formula is C10H14O. The summed E-state index contributed by atoms with van der Waals surface area (Å²) < 4.78 is 0. The first-order chi connectivity index (χ1) is 5.20. The van der Waals surface area contributed by atoms with E-state index in [1.54, 1.807) is 6.92 Å². The molecule has 1 unspecified atom stereocenters. The first-order valence-corrected chi connectivity index (χ1v) is 4.05. The molecule has 0 saturated heterocycles. The molecule has 1 heteroatoms. The molecule has 0 aromatic carbocycles. The molecule has 1 atom stereocenters. The van der Waals surface area contributed by atoms with Crippen molar-refractivity contribution >= 4 is 5.78 Å². The Hall–Kier alpha value is -0.850. The van der Waals surface area contributed by atoms with Gasteiger partial charge in [0.05, 0.1) is 0 Å². The van der Waals surface area contributed by atoms with E-state index in [-0.39, 0.29) is 5.78 Å². The van der Waals surface area contributed by atoms with Gasteiger partial charge < -0.3 is 4.79 Å². The van der Waals surface area contributed by atoms with Gasteiger partial charge in [0.25, 0.3) is 0 Å². The van der Waals surface area contributed by atoms with Crippen LogP contribution in [0.5, 0.6) is 0 Å². The molecule has 0 N–H and O–H groups in total. The first kappa shape index (κ1) is 8.25. The molecule has 1 nitrogen and oxygen atoms in total. The van der Waals surface area contributed by atoms with Crippen LogP contribution in [-0.2, 0) is 4.79 Å². The van der Waals surface area contributed by atoms with Gasteiger partial charge in [0.1, 0.15) is 5.78 Å². The SMILES string of the molecule is CC(=O)CC(C)C1=CC=CC1. The van der Waals surface area contributed by atoms with Crippen LogP contribution in [0, 0.1) is 5.92 Å². The Bertz CT molecular complexity index is 211. The average molecular weight is 150 g/mol. The van der Waals surface area contributed by atoms with Gasteiger partial charge in [-0.15, -0.1) is 0 Å². The van der Waals surface area contributed by atoms with Gasteiger partial charge >= 0.3 is 0 Å². The number of Topliss-reactive ketones (excluding diaryl/α,β-unsaturated/α-hetero) is 1. The van der Waals surface area contributed by atoms with Crippen LogP contribution in [0.2, 0.25) is 0 Å². The lowest BCUT2D eigenvalue weighted by atomic mass is 9.95. The summed E-state index contributed by atoms with van der Waals surface area (Å²) in [6.45, 7) is 3.76.